The second kappa shape index (κ2) is 17.0. The van der Waals surface area contributed by atoms with Crippen LogP contribution >= 0.6 is 0 Å². The number of likely N-dealkylation sites (tertiary alicyclic amines) is 1. The van der Waals surface area contributed by atoms with Crippen LogP contribution in [0, 0.1) is 11.8 Å². The molecule has 0 aromatic heterocycles. The van der Waals surface area contributed by atoms with Gasteiger partial charge < -0.3 is 39.0 Å². The number of piperidine rings is 1. The van der Waals surface area contributed by atoms with Crippen LogP contribution in [-0.2, 0) is 34.8 Å². The molecule has 3 rings (SSSR count). The van der Waals surface area contributed by atoms with Crippen LogP contribution in [0.1, 0.15) is 90.6 Å². The molecule has 0 spiro atoms. The lowest BCUT2D eigenvalue weighted by atomic mass is 9.96. The number of benzene rings is 1. The van der Waals surface area contributed by atoms with Gasteiger partial charge in [0.1, 0.15) is 5.75 Å². The fourth-order valence-electron chi connectivity index (χ4n) is 6.00. The smallest absolute Gasteiger partial charge is 0.417 e. The first kappa shape index (κ1) is 41.3. The standard InChI is InChI=1S/C35H51F3N4O9/c1-10-28(43)39-13-15-41-26-16-24(25(35(36,37)38)17-27(26)51-34(8,19-48-9)32(41)46)29(44)42(22(6)7)23-12-11-14-40(18-23)33(47)50-31(21(4)5)49-30(45)20(2)3/h16-17,20-23,31H,10-15,18-19H2,1-9H3,(H,39,43)/t23-,31?,34+/m1/s1. The second-order valence-electron chi connectivity index (χ2n) is 13.9. The average Bonchev–Trinajstić information content (AvgIpc) is 3.05. The van der Waals surface area contributed by atoms with Gasteiger partial charge in [-0.2, -0.15) is 13.2 Å². The zero-order chi connectivity index (χ0) is 38.4. The van der Waals surface area contributed by atoms with Gasteiger partial charge in [0.05, 0.1) is 35.4 Å². The Labute approximate surface area is 297 Å². The molecule has 2 aliphatic rings. The first-order chi connectivity index (χ1) is 23.7. The van der Waals surface area contributed by atoms with Crippen molar-refractivity contribution in [1.82, 2.24) is 15.1 Å². The summed E-state index contributed by atoms with van der Waals surface area (Å²) < 4.78 is 66.2. The molecule has 0 bridgehead atoms. The number of anilines is 1. The number of nitrogens with zero attached hydrogens (tertiary/aromatic N) is 3. The Bertz CT molecular complexity index is 1450. The topological polar surface area (TPSA) is 144 Å². The largest absolute Gasteiger partial charge is 0.473 e. The van der Waals surface area contributed by atoms with Gasteiger partial charge in [-0.05, 0) is 45.7 Å². The van der Waals surface area contributed by atoms with E-state index in [1.54, 1.807) is 48.5 Å². The number of hydrogen-bond donors (Lipinski definition) is 1. The fraction of sp³-hybridized carbons (Fsp3) is 0.686. The summed E-state index contributed by atoms with van der Waals surface area (Å²) in [6.07, 6.45) is -5.94. The molecule has 0 aliphatic carbocycles. The Kier molecular flexibility index (Phi) is 13.7. The fourth-order valence-corrected chi connectivity index (χ4v) is 6.00. The molecule has 13 nitrogen and oxygen atoms in total. The van der Waals surface area contributed by atoms with Gasteiger partial charge in [0, 0.05) is 51.7 Å². The second-order valence-corrected chi connectivity index (χ2v) is 13.9. The number of rotatable bonds is 13. The van der Waals surface area contributed by atoms with Crippen LogP contribution in [0.3, 0.4) is 0 Å². The number of halogens is 3. The summed E-state index contributed by atoms with van der Waals surface area (Å²) in [5.74, 6) is -3.49. The zero-order valence-corrected chi connectivity index (χ0v) is 30.8. The number of fused-ring (bicyclic) bond motifs is 1. The molecule has 4 amide bonds. The SMILES string of the molecule is CCC(=O)NCCN1C(=O)[C@](C)(COC)Oc2cc(C(F)(F)F)c(C(=O)N(C(C)C)[C@@H]3CCCN(C(=O)OC(OC(=O)C(C)C)C(C)C)C3)cc21. The van der Waals surface area contributed by atoms with Crippen molar-refractivity contribution >= 4 is 35.5 Å². The molecule has 3 atom stereocenters. The van der Waals surface area contributed by atoms with Gasteiger partial charge >= 0.3 is 18.2 Å². The molecule has 0 radical (unpaired) electrons. The number of nitrogens with one attached hydrogen (secondary N) is 1. The Balaban J connectivity index is 2.01. The molecular weight excluding hydrogens is 677 g/mol. The number of amides is 4. The predicted octanol–water partition coefficient (Wildman–Crippen LogP) is 5.00. The van der Waals surface area contributed by atoms with E-state index >= 15 is 0 Å². The van der Waals surface area contributed by atoms with Crippen LogP contribution in [0.4, 0.5) is 23.7 Å². The van der Waals surface area contributed by atoms with E-state index in [4.69, 9.17) is 18.9 Å². The molecule has 2 aliphatic heterocycles. The Morgan fingerprint density at radius 1 is 1.10 bits per heavy atom. The van der Waals surface area contributed by atoms with Crippen LogP contribution in [-0.4, -0.2) is 103 Å². The van der Waals surface area contributed by atoms with Crippen LogP contribution in [0.15, 0.2) is 12.1 Å². The summed E-state index contributed by atoms with van der Waals surface area (Å²) in [6.45, 7) is 12.9. The molecule has 16 heteroatoms. The maximum atomic E-state index is 14.7. The minimum atomic E-state index is -4.99. The highest BCUT2D eigenvalue weighted by Crippen LogP contribution is 2.44. The number of hydrogen-bond acceptors (Lipinski definition) is 9. The van der Waals surface area contributed by atoms with Crippen LogP contribution < -0.4 is 15.0 Å². The van der Waals surface area contributed by atoms with Crippen LogP contribution in [0.5, 0.6) is 5.75 Å². The summed E-state index contributed by atoms with van der Waals surface area (Å²) >= 11 is 0. The predicted molar refractivity (Wildman–Crippen MR) is 180 cm³/mol. The number of carbonyl (C=O) groups is 5. The van der Waals surface area contributed by atoms with Gasteiger partial charge in [0.2, 0.25) is 11.5 Å². The minimum Gasteiger partial charge on any atom is -0.473 e. The lowest BCUT2D eigenvalue weighted by Gasteiger charge is -2.42. The van der Waals surface area contributed by atoms with Gasteiger partial charge in [-0.25, -0.2) is 4.79 Å². The van der Waals surface area contributed by atoms with Crippen LogP contribution in [0.2, 0.25) is 0 Å². The summed E-state index contributed by atoms with van der Waals surface area (Å²) in [5, 5.41) is 2.66. The zero-order valence-electron chi connectivity index (χ0n) is 30.8. The first-order valence-corrected chi connectivity index (χ1v) is 17.3. The van der Waals surface area contributed by atoms with Gasteiger partial charge in [-0.1, -0.05) is 34.6 Å². The lowest BCUT2D eigenvalue weighted by Crippen LogP contribution is -2.58. The molecule has 1 N–H and O–H groups in total. The third kappa shape index (κ3) is 9.83. The van der Waals surface area contributed by atoms with Crippen molar-refractivity contribution in [2.24, 2.45) is 11.8 Å². The first-order valence-electron chi connectivity index (χ1n) is 17.3. The lowest BCUT2D eigenvalue weighted by molar-refractivity contribution is -0.180. The van der Waals surface area contributed by atoms with E-state index in [0.717, 1.165) is 6.07 Å². The summed E-state index contributed by atoms with van der Waals surface area (Å²) in [5.41, 5.74) is -3.71. The van der Waals surface area contributed by atoms with E-state index in [1.165, 1.54) is 28.7 Å². The Morgan fingerprint density at radius 3 is 2.31 bits per heavy atom. The molecule has 1 fully saturated rings. The maximum Gasteiger partial charge on any atom is 0.417 e. The molecule has 286 valence electrons. The number of carbonyl (C=O) groups excluding carboxylic acids is 5. The van der Waals surface area contributed by atoms with E-state index < -0.39 is 71.1 Å². The highest BCUT2D eigenvalue weighted by atomic mass is 19.4. The highest BCUT2D eigenvalue weighted by molar-refractivity contribution is 6.05. The van der Waals surface area contributed by atoms with E-state index in [0.29, 0.717) is 18.9 Å². The van der Waals surface area contributed by atoms with Crippen LogP contribution in [0.25, 0.3) is 0 Å². The van der Waals surface area contributed by atoms with Crippen molar-refractivity contribution in [1.29, 1.82) is 0 Å². The monoisotopic (exact) mass is 728 g/mol. The van der Waals surface area contributed by atoms with E-state index in [1.807, 2.05) is 0 Å². The van der Waals surface area contributed by atoms with Gasteiger partial charge in [-0.15, -0.1) is 0 Å². The quantitative estimate of drug-likeness (QED) is 0.219. The van der Waals surface area contributed by atoms with Gasteiger partial charge in [0.15, 0.2) is 0 Å². The van der Waals surface area contributed by atoms with Crippen molar-refractivity contribution in [3.8, 4) is 5.75 Å². The van der Waals surface area contributed by atoms with E-state index in [9.17, 15) is 37.1 Å². The van der Waals surface area contributed by atoms with Crippen molar-refractivity contribution in [2.75, 3.05) is 44.8 Å². The molecule has 1 unspecified atom stereocenters. The molecule has 1 aromatic carbocycles. The minimum absolute atomic E-state index is 0.00825. The Hall–Kier alpha value is -4.08. The van der Waals surface area contributed by atoms with E-state index in [2.05, 4.69) is 5.32 Å². The third-order valence-corrected chi connectivity index (χ3v) is 8.66. The maximum absolute atomic E-state index is 14.7. The van der Waals surface area contributed by atoms with E-state index in [-0.39, 0.29) is 62.5 Å². The van der Waals surface area contributed by atoms with Crippen molar-refractivity contribution in [3.05, 3.63) is 23.3 Å². The number of ether oxygens (including phenoxy) is 4. The normalized spacial score (nSPS) is 19.8. The molecule has 1 aromatic rings. The summed E-state index contributed by atoms with van der Waals surface area (Å²) in [4.78, 5) is 69.3. The van der Waals surface area contributed by atoms with Crippen molar-refractivity contribution < 1.29 is 56.1 Å². The molecule has 2 heterocycles. The molecule has 1 saturated heterocycles. The number of alkyl halides is 3. The highest BCUT2D eigenvalue weighted by Gasteiger charge is 2.48. The summed E-state index contributed by atoms with van der Waals surface area (Å²) in [6, 6.07) is 0.422. The Morgan fingerprint density at radius 2 is 1.76 bits per heavy atom. The van der Waals surface area contributed by atoms with Gasteiger partial charge in [-0.3, -0.25) is 19.2 Å². The van der Waals surface area contributed by atoms with Crippen molar-refractivity contribution in [2.45, 2.75) is 105 Å². The molecular formula is C35H51F3N4O9. The summed E-state index contributed by atoms with van der Waals surface area (Å²) in [7, 11) is 1.32. The number of methoxy groups -OCH3 is 1. The van der Waals surface area contributed by atoms with Crippen molar-refractivity contribution in [3.63, 3.8) is 0 Å². The molecule has 51 heavy (non-hydrogen) atoms. The average molecular weight is 729 g/mol. The molecule has 0 saturated carbocycles. The third-order valence-electron chi connectivity index (χ3n) is 8.66. The number of esters is 1. The van der Waals surface area contributed by atoms with Gasteiger partial charge in [0.25, 0.3) is 18.1 Å².